The van der Waals surface area contributed by atoms with E-state index in [0.29, 0.717) is 17.6 Å². The van der Waals surface area contributed by atoms with Gasteiger partial charge in [0.15, 0.2) is 0 Å². The van der Waals surface area contributed by atoms with E-state index in [0.717, 1.165) is 0 Å². The van der Waals surface area contributed by atoms with E-state index < -0.39 is 42.3 Å². The number of esters is 2. The lowest BCUT2D eigenvalue weighted by atomic mass is 9.84. The molecule has 6 heteroatoms. The van der Waals surface area contributed by atoms with Crippen LogP contribution in [0.2, 0.25) is 0 Å². The number of allylic oxidation sites excluding steroid dienone is 1. The number of aliphatic hydroxyl groups is 2. The van der Waals surface area contributed by atoms with E-state index in [1.165, 1.54) is 6.08 Å². The van der Waals surface area contributed by atoms with Gasteiger partial charge < -0.3 is 19.7 Å². The lowest BCUT2D eigenvalue weighted by molar-refractivity contribution is -0.153. The number of hydrogen-bond acceptors (Lipinski definition) is 6. The molecule has 1 heterocycles. The molecule has 0 saturated carbocycles. The molecule has 0 aromatic carbocycles. The quantitative estimate of drug-likeness (QED) is 0.447. The van der Waals surface area contributed by atoms with Crippen LogP contribution >= 0.6 is 0 Å². The standard InChI is InChI=1S/C19H24O6/c1-5-10(2)18(22)25-17-15-12(4)19(23)24-14(15)9-8-13(20)7-6-11(3)16(17)21/h5-6,8-9,13-17,20-21H,4,7H2,1-3H3/b9-8+,10-5+,11-6-/t13-,14-,15+,16+,17+/m1/s1. The van der Waals surface area contributed by atoms with Crippen LogP contribution in [0.25, 0.3) is 0 Å². The average molecular weight is 348 g/mol. The Bertz CT molecular complexity index is 657. The van der Waals surface area contributed by atoms with Gasteiger partial charge in [0, 0.05) is 11.1 Å². The summed E-state index contributed by atoms with van der Waals surface area (Å²) in [6, 6.07) is 0. The number of fused-ring (bicyclic) bond motifs is 1. The Labute approximate surface area is 147 Å². The molecule has 1 saturated heterocycles. The number of carbonyl (C=O) groups is 2. The molecule has 2 rings (SSSR count). The van der Waals surface area contributed by atoms with Crippen molar-refractivity contribution in [2.75, 3.05) is 0 Å². The van der Waals surface area contributed by atoms with Gasteiger partial charge >= 0.3 is 11.9 Å². The SMILES string of the molecule is C=C1C(=O)O[C@@H]2/C=C/[C@H](O)C/C=C(/C)[C@H](O)[C@@H](OC(=O)/C(C)=C/C)[C@@H]12. The highest BCUT2D eigenvalue weighted by Gasteiger charge is 2.47. The summed E-state index contributed by atoms with van der Waals surface area (Å²) in [4.78, 5) is 24.2. The van der Waals surface area contributed by atoms with Crippen molar-refractivity contribution in [1.29, 1.82) is 0 Å². The summed E-state index contributed by atoms with van der Waals surface area (Å²) in [5.74, 6) is -1.92. The zero-order chi connectivity index (χ0) is 18.7. The van der Waals surface area contributed by atoms with E-state index in [1.54, 1.807) is 39.0 Å². The summed E-state index contributed by atoms with van der Waals surface area (Å²) >= 11 is 0. The zero-order valence-electron chi connectivity index (χ0n) is 14.6. The predicted molar refractivity (Wildman–Crippen MR) is 91.3 cm³/mol. The highest BCUT2D eigenvalue weighted by Crippen LogP contribution is 2.35. The van der Waals surface area contributed by atoms with Crippen molar-refractivity contribution in [3.05, 3.63) is 47.6 Å². The normalized spacial score (nSPS) is 36.8. The van der Waals surface area contributed by atoms with Crippen molar-refractivity contribution in [1.82, 2.24) is 0 Å². The molecular weight excluding hydrogens is 324 g/mol. The van der Waals surface area contributed by atoms with Gasteiger partial charge in [-0.05, 0) is 38.8 Å². The van der Waals surface area contributed by atoms with Crippen LogP contribution in [0.5, 0.6) is 0 Å². The van der Waals surface area contributed by atoms with Gasteiger partial charge in [0.25, 0.3) is 0 Å². The lowest BCUT2D eigenvalue weighted by Crippen LogP contribution is -2.42. The fourth-order valence-electron chi connectivity index (χ4n) is 2.82. The van der Waals surface area contributed by atoms with Crippen LogP contribution < -0.4 is 0 Å². The molecule has 0 amide bonds. The van der Waals surface area contributed by atoms with Crippen molar-refractivity contribution >= 4 is 11.9 Å². The van der Waals surface area contributed by atoms with E-state index in [2.05, 4.69) is 6.58 Å². The Balaban J connectivity index is 2.45. The first-order chi connectivity index (χ1) is 11.8. The Hall–Kier alpha value is -2.18. The van der Waals surface area contributed by atoms with E-state index >= 15 is 0 Å². The Morgan fingerprint density at radius 2 is 2.08 bits per heavy atom. The van der Waals surface area contributed by atoms with Crippen LogP contribution in [0.15, 0.2) is 47.6 Å². The Morgan fingerprint density at radius 3 is 2.72 bits per heavy atom. The van der Waals surface area contributed by atoms with Crippen molar-refractivity contribution in [2.45, 2.75) is 51.6 Å². The minimum absolute atomic E-state index is 0.132. The van der Waals surface area contributed by atoms with E-state index in [9.17, 15) is 19.8 Å². The third kappa shape index (κ3) is 4.08. The van der Waals surface area contributed by atoms with E-state index in [1.807, 2.05) is 0 Å². The minimum atomic E-state index is -1.15. The van der Waals surface area contributed by atoms with Gasteiger partial charge in [0.1, 0.15) is 18.3 Å². The first-order valence-electron chi connectivity index (χ1n) is 8.21. The fraction of sp³-hybridized carbons (Fsp3) is 0.474. The second-order valence-corrected chi connectivity index (χ2v) is 6.34. The van der Waals surface area contributed by atoms with E-state index in [-0.39, 0.29) is 5.57 Å². The molecular formula is C19H24O6. The Kier molecular flexibility index (Phi) is 5.98. The summed E-state index contributed by atoms with van der Waals surface area (Å²) in [5.41, 5.74) is 1.06. The Morgan fingerprint density at radius 1 is 1.40 bits per heavy atom. The summed E-state index contributed by atoms with van der Waals surface area (Å²) < 4.78 is 10.8. The average Bonchev–Trinajstić information content (AvgIpc) is 2.87. The smallest absolute Gasteiger partial charge is 0.334 e. The summed E-state index contributed by atoms with van der Waals surface area (Å²) in [6.45, 7) is 8.74. The third-order valence-corrected chi connectivity index (χ3v) is 4.60. The molecule has 0 aromatic heterocycles. The predicted octanol–water partition coefficient (Wildman–Crippen LogP) is 1.59. The molecule has 0 aromatic rings. The fourth-order valence-corrected chi connectivity index (χ4v) is 2.82. The van der Waals surface area contributed by atoms with Crippen LogP contribution in [0, 0.1) is 5.92 Å². The van der Waals surface area contributed by atoms with Gasteiger partial charge in [-0.25, -0.2) is 9.59 Å². The van der Waals surface area contributed by atoms with Crippen molar-refractivity contribution in [3.63, 3.8) is 0 Å². The molecule has 0 unspecified atom stereocenters. The van der Waals surface area contributed by atoms with Gasteiger partial charge in [0.05, 0.1) is 12.0 Å². The minimum Gasteiger partial charge on any atom is -0.455 e. The molecule has 6 nitrogen and oxygen atoms in total. The molecule has 0 radical (unpaired) electrons. The molecule has 1 aliphatic carbocycles. The largest absolute Gasteiger partial charge is 0.455 e. The first-order valence-corrected chi connectivity index (χ1v) is 8.21. The van der Waals surface area contributed by atoms with Gasteiger partial charge in [-0.15, -0.1) is 0 Å². The molecule has 1 fully saturated rings. The lowest BCUT2D eigenvalue weighted by Gasteiger charge is -2.31. The second-order valence-electron chi connectivity index (χ2n) is 6.34. The van der Waals surface area contributed by atoms with Crippen molar-refractivity contribution in [2.24, 2.45) is 5.92 Å². The first kappa shape index (κ1) is 19.1. The van der Waals surface area contributed by atoms with Crippen LogP contribution in [0.3, 0.4) is 0 Å². The molecule has 1 aliphatic heterocycles. The maximum absolute atomic E-state index is 12.2. The van der Waals surface area contributed by atoms with Gasteiger partial charge in [-0.3, -0.25) is 0 Å². The molecule has 2 N–H and O–H groups in total. The maximum Gasteiger partial charge on any atom is 0.334 e. The van der Waals surface area contributed by atoms with Gasteiger partial charge in [0.2, 0.25) is 0 Å². The van der Waals surface area contributed by atoms with Crippen LogP contribution in [0.1, 0.15) is 27.2 Å². The topological polar surface area (TPSA) is 93.1 Å². The highest BCUT2D eigenvalue weighted by molar-refractivity contribution is 5.92. The molecule has 25 heavy (non-hydrogen) atoms. The van der Waals surface area contributed by atoms with Crippen molar-refractivity contribution < 1.29 is 29.3 Å². The number of aliphatic hydroxyl groups excluding tert-OH is 2. The third-order valence-electron chi connectivity index (χ3n) is 4.60. The van der Waals surface area contributed by atoms with Crippen LogP contribution in [0.4, 0.5) is 0 Å². The second kappa shape index (κ2) is 7.80. The summed E-state index contributed by atoms with van der Waals surface area (Å²) in [5, 5.41) is 20.7. The number of carbonyl (C=O) groups excluding carboxylic acids is 2. The zero-order valence-corrected chi connectivity index (χ0v) is 14.6. The number of hydrogen-bond donors (Lipinski definition) is 2. The van der Waals surface area contributed by atoms with Gasteiger partial charge in [-0.1, -0.05) is 24.8 Å². The van der Waals surface area contributed by atoms with E-state index in [4.69, 9.17) is 9.47 Å². The van der Waals surface area contributed by atoms with Crippen molar-refractivity contribution in [3.8, 4) is 0 Å². The molecule has 5 atom stereocenters. The van der Waals surface area contributed by atoms with Gasteiger partial charge in [-0.2, -0.15) is 0 Å². The molecule has 136 valence electrons. The highest BCUT2D eigenvalue weighted by atomic mass is 16.6. The summed E-state index contributed by atoms with van der Waals surface area (Å²) in [6.07, 6.45) is 2.96. The maximum atomic E-state index is 12.2. The van der Waals surface area contributed by atoms with Crippen LogP contribution in [-0.4, -0.2) is 46.6 Å². The number of rotatable bonds is 2. The number of ether oxygens (including phenoxy) is 2. The monoisotopic (exact) mass is 348 g/mol. The molecule has 0 bridgehead atoms. The molecule has 0 spiro atoms. The summed E-state index contributed by atoms with van der Waals surface area (Å²) in [7, 11) is 0. The van der Waals surface area contributed by atoms with Crippen LogP contribution in [-0.2, 0) is 19.1 Å². The molecule has 2 aliphatic rings.